The van der Waals surface area contributed by atoms with Gasteiger partial charge in [-0.3, -0.25) is 9.59 Å². The van der Waals surface area contributed by atoms with E-state index in [1.54, 1.807) is 6.92 Å². The Kier molecular flexibility index (Phi) is 7.80. The topological polar surface area (TPSA) is 55.4 Å². The maximum absolute atomic E-state index is 12.4. The molecule has 4 nitrogen and oxygen atoms in total. The van der Waals surface area contributed by atoms with E-state index < -0.39 is 0 Å². The van der Waals surface area contributed by atoms with E-state index >= 15 is 0 Å². The van der Waals surface area contributed by atoms with Gasteiger partial charge in [0.1, 0.15) is 6.61 Å². The number of carbonyl (C=O) groups is 2. The number of benzene rings is 2. The van der Waals surface area contributed by atoms with Crippen molar-refractivity contribution in [2.24, 2.45) is 5.92 Å². The van der Waals surface area contributed by atoms with Crippen LogP contribution in [0.15, 0.2) is 72.8 Å². The van der Waals surface area contributed by atoms with E-state index in [-0.39, 0.29) is 30.4 Å². The molecule has 2 rings (SSSR count). The molecule has 0 aromatic heterocycles. The van der Waals surface area contributed by atoms with Gasteiger partial charge in [0.25, 0.3) is 0 Å². The molecule has 2 aromatic carbocycles. The third kappa shape index (κ3) is 7.10. The fourth-order valence-electron chi connectivity index (χ4n) is 2.79. The monoisotopic (exact) mass is 365 g/mol. The predicted octanol–water partition coefficient (Wildman–Crippen LogP) is 4.06. The second-order valence-electron chi connectivity index (χ2n) is 6.87. The first-order chi connectivity index (χ1) is 13.0. The Balaban J connectivity index is 1.96. The van der Waals surface area contributed by atoms with Crippen molar-refractivity contribution in [1.29, 1.82) is 0 Å². The van der Waals surface area contributed by atoms with Gasteiger partial charge in [0.15, 0.2) is 0 Å². The number of hydrogen-bond donors (Lipinski definition) is 1. The van der Waals surface area contributed by atoms with Gasteiger partial charge < -0.3 is 10.1 Å². The number of nitrogens with one attached hydrogen (secondary N) is 1. The molecule has 2 atom stereocenters. The molecule has 0 fully saturated rings. The molecule has 0 saturated carbocycles. The van der Waals surface area contributed by atoms with Gasteiger partial charge in [-0.15, -0.1) is 0 Å². The predicted molar refractivity (Wildman–Crippen MR) is 107 cm³/mol. The van der Waals surface area contributed by atoms with Crippen molar-refractivity contribution < 1.29 is 14.3 Å². The van der Waals surface area contributed by atoms with E-state index in [1.807, 2.05) is 67.6 Å². The van der Waals surface area contributed by atoms with Crippen LogP contribution < -0.4 is 5.32 Å². The Bertz CT molecular complexity index is 756. The fourth-order valence-corrected chi connectivity index (χ4v) is 2.79. The van der Waals surface area contributed by atoms with E-state index in [0.717, 1.165) is 11.1 Å². The van der Waals surface area contributed by atoms with E-state index in [9.17, 15) is 9.59 Å². The SMILES string of the molecule is C=C(C)C(=O)NC(Cc1ccccc1)CC(C)C(=O)OCc1ccccc1. The summed E-state index contributed by atoms with van der Waals surface area (Å²) >= 11 is 0. The van der Waals surface area contributed by atoms with Crippen LogP contribution in [-0.2, 0) is 27.4 Å². The number of carbonyl (C=O) groups excluding carboxylic acids is 2. The number of amides is 1. The second-order valence-corrected chi connectivity index (χ2v) is 6.87. The van der Waals surface area contributed by atoms with Crippen molar-refractivity contribution in [3.05, 3.63) is 83.9 Å². The smallest absolute Gasteiger partial charge is 0.309 e. The summed E-state index contributed by atoms with van der Waals surface area (Å²) < 4.78 is 5.42. The average molecular weight is 365 g/mol. The first kappa shape index (κ1) is 20.4. The number of esters is 1. The molecule has 142 valence electrons. The summed E-state index contributed by atoms with van der Waals surface area (Å²) in [5.41, 5.74) is 2.51. The van der Waals surface area contributed by atoms with Crippen LogP contribution in [0.1, 0.15) is 31.4 Å². The zero-order valence-corrected chi connectivity index (χ0v) is 16.0. The quantitative estimate of drug-likeness (QED) is 0.538. The van der Waals surface area contributed by atoms with Crippen LogP contribution in [0.25, 0.3) is 0 Å². The lowest BCUT2D eigenvalue weighted by Crippen LogP contribution is -2.39. The molecule has 1 N–H and O–H groups in total. The fraction of sp³-hybridized carbons (Fsp3) is 0.304. The molecular formula is C23H27NO3. The normalized spacial score (nSPS) is 12.7. The van der Waals surface area contributed by atoms with Crippen molar-refractivity contribution in [3.63, 3.8) is 0 Å². The van der Waals surface area contributed by atoms with Gasteiger partial charge in [0.05, 0.1) is 5.92 Å². The molecule has 0 aliphatic carbocycles. The van der Waals surface area contributed by atoms with Crippen molar-refractivity contribution in [2.75, 3.05) is 0 Å². The number of ether oxygens (including phenoxy) is 1. The van der Waals surface area contributed by atoms with Crippen LogP contribution in [0.4, 0.5) is 0 Å². The highest BCUT2D eigenvalue weighted by molar-refractivity contribution is 5.92. The van der Waals surface area contributed by atoms with Gasteiger partial charge in [-0.2, -0.15) is 0 Å². The Morgan fingerprint density at radius 2 is 1.56 bits per heavy atom. The lowest BCUT2D eigenvalue weighted by atomic mass is 9.96. The minimum absolute atomic E-state index is 0.170. The first-order valence-corrected chi connectivity index (χ1v) is 9.16. The third-order valence-corrected chi connectivity index (χ3v) is 4.31. The summed E-state index contributed by atoms with van der Waals surface area (Å²) in [7, 11) is 0. The van der Waals surface area contributed by atoms with Crippen LogP contribution in [-0.4, -0.2) is 17.9 Å². The third-order valence-electron chi connectivity index (χ3n) is 4.31. The van der Waals surface area contributed by atoms with E-state index in [1.165, 1.54) is 0 Å². The molecule has 0 bridgehead atoms. The van der Waals surface area contributed by atoms with Crippen LogP contribution in [0, 0.1) is 5.92 Å². The Hall–Kier alpha value is -2.88. The summed E-state index contributed by atoms with van der Waals surface area (Å²) in [6.07, 6.45) is 1.15. The molecule has 1 amide bonds. The van der Waals surface area contributed by atoms with Gasteiger partial charge in [-0.1, -0.05) is 74.2 Å². The highest BCUT2D eigenvalue weighted by atomic mass is 16.5. The molecule has 2 unspecified atom stereocenters. The maximum atomic E-state index is 12.4. The highest BCUT2D eigenvalue weighted by Crippen LogP contribution is 2.15. The van der Waals surface area contributed by atoms with Crippen molar-refractivity contribution >= 4 is 11.9 Å². The molecule has 4 heteroatoms. The van der Waals surface area contributed by atoms with Gasteiger partial charge in [-0.05, 0) is 30.9 Å². The summed E-state index contributed by atoms with van der Waals surface area (Å²) in [4.78, 5) is 24.5. The van der Waals surface area contributed by atoms with Gasteiger partial charge >= 0.3 is 5.97 Å². The standard InChI is InChI=1S/C23H27NO3/c1-17(2)22(25)24-21(15-19-10-6-4-7-11-19)14-18(3)23(26)27-16-20-12-8-5-9-13-20/h4-13,18,21H,1,14-16H2,2-3H3,(H,24,25). The van der Waals surface area contributed by atoms with Crippen LogP contribution >= 0.6 is 0 Å². The zero-order valence-electron chi connectivity index (χ0n) is 16.0. The summed E-state index contributed by atoms with van der Waals surface area (Å²) in [6.45, 7) is 7.45. The van der Waals surface area contributed by atoms with Gasteiger partial charge in [0, 0.05) is 11.6 Å². The van der Waals surface area contributed by atoms with Crippen molar-refractivity contribution in [3.8, 4) is 0 Å². The Morgan fingerprint density at radius 3 is 2.11 bits per heavy atom. The van der Waals surface area contributed by atoms with Crippen LogP contribution in [0.5, 0.6) is 0 Å². The van der Waals surface area contributed by atoms with E-state index in [4.69, 9.17) is 4.74 Å². The largest absolute Gasteiger partial charge is 0.461 e. The molecule has 0 heterocycles. The number of hydrogen-bond acceptors (Lipinski definition) is 3. The molecule has 0 aliphatic rings. The molecule has 27 heavy (non-hydrogen) atoms. The summed E-state index contributed by atoms with van der Waals surface area (Å²) in [5, 5.41) is 2.98. The summed E-state index contributed by atoms with van der Waals surface area (Å²) in [6, 6.07) is 19.3. The van der Waals surface area contributed by atoms with Gasteiger partial charge in [-0.25, -0.2) is 0 Å². The average Bonchev–Trinajstić information content (AvgIpc) is 2.67. The van der Waals surface area contributed by atoms with Crippen LogP contribution in [0.2, 0.25) is 0 Å². The van der Waals surface area contributed by atoms with Crippen molar-refractivity contribution in [1.82, 2.24) is 5.32 Å². The lowest BCUT2D eigenvalue weighted by molar-refractivity contribution is -0.149. The minimum Gasteiger partial charge on any atom is -0.461 e. The van der Waals surface area contributed by atoms with E-state index in [0.29, 0.717) is 18.4 Å². The lowest BCUT2D eigenvalue weighted by Gasteiger charge is -2.22. The second kappa shape index (κ2) is 10.3. The van der Waals surface area contributed by atoms with Crippen LogP contribution in [0.3, 0.4) is 0 Å². The number of rotatable bonds is 9. The maximum Gasteiger partial charge on any atom is 0.309 e. The summed E-state index contributed by atoms with van der Waals surface area (Å²) in [5.74, 6) is -0.782. The van der Waals surface area contributed by atoms with E-state index in [2.05, 4.69) is 11.9 Å². The molecule has 0 spiro atoms. The highest BCUT2D eigenvalue weighted by Gasteiger charge is 2.22. The Labute approximate surface area is 161 Å². The van der Waals surface area contributed by atoms with Crippen molar-refractivity contribution in [2.45, 2.75) is 39.3 Å². The minimum atomic E-state index is -0.326. The molecule has 0 radical (unpaired) electrons. The zero-order chi connectivity index (χ0) is 19.6. The first-order valence-electron chi connectivity index (χ1n) is 9.16. The Morgan fingerprint density at radius 1 is 1.00 bits per heavy atom. The van der Waals surface area contributed by atoms with Gasteiger partial charge in [0.2, 0.25) is 5.91 Å². The molecule has 2 aromatic rings. The molecular weight excluding hydrogens is 338 g/mol. The molecule has 0 aliphatic heterocycles. The molecule has 0 saturated heterocycles.